The van der Waals surface area contributed by atoms with Gasteiger partial charge >= 0.3 is 0 Å². The Morgan fingerprint density at radius 3 is 2.70 bits per heavy atom. The van der Waals surface area contributed by atoms with Crippen LogP contribution in [-0.4, -0.2) is 45.5 Å². The molecule has 9 heteroatoms. The molecule has 1 unspecified atom stereocenters. The van der Waals surface area contributed by atoms with Crippen molar-refractivity contribution in [3.63, 3.8) is 0 Å². The van der Waals surface area contributed by atoms with E-state index in [2.05, 4.69) is 21.2 Å². The highest BCUT2D eigenvalue weighted by molar-refractivity contribution is 9.10. The van der Waals surface area contributed by atoms with Gasteiger partial charge < -0.3 is 10.1 Å². The zero-order valence-corrected chi connectivity index (χ0v) is 16.9. The van der Waals surface area contributed by atoms with Crippen molar-refractivity contribution in [2.75, 3.05) is 31.6 Å². The first-order chi connectivity index (χ1) is 12.8. The number of halogens is 1. The van der Waals surface area contributed by atoms with Crippen molar-refractivity contribution in [3.05, 3.63) is 58.6 Å². The van der Waals surface area contributed by atoms with E-state index in [9.17, 15) is 13.2 Å². The van der Waals surface area contributed by atoms with E-state index < -0.39 is 10.0 Å². The van der Waals surface area contributed by atoms with Gasteiger partial charge in [0.25, 0.3) is 0 Å². The maximum absolute atomic E-state index is 12.3. The van der Waals surface area contributed by atoms with Crippen LogP contribution in [0.1, 0.15) is 11.7 Å². The Balaban J connectivity index is 1.60. The van der Waals surface area contributed by atoms with Gasteiger partial charge in [0.05, 0.1) is 24.2 Å². The molecular formula is C18H20BrN3O4S. The number of ether oxygens (including phenoxy) is 1. The minimum Gasteiger partial charge on any atom is -0.371 e. The Hall–Kier alpha value is -1.78. The molecule has 1 amide bonds. The van der Waals surface area contributed by atoms with Crippen LogP contribution < -0.4 is 10.5 Å². The van der Waals surface area contributed by atoms with Gasteiger partial charge in [0, 0.05) is 23.2 Å². The molecule has 2 aromatic rings. The number of sulfonamides is 1. The molecule has 3 rings (SSSR count). The lowest BCUT2D eigenvalue weighted by Crippen LogP contribution is -2.42. The Kier molecular flexibility index (Phi) is 6.28. The third-order valence-corrected chi connectivity index (χ3v) is 5.65. The van der Waals surface area contributed by atoms with Gasteiger partial charge in [0.2, 0.25) is 15.9 Å². The van der Waals surface area contributed by atoms with Gasteiger partial charge in [-0.3, -0.25) is 9.69 Å². The van der Waals surface area contributed by atoms with E-state index in [4.69, 9.17) is 9.88 Å². The fourth-order valence-corrected chi connectivity index (χ4v) is 3.70. The number of carbonyl (C=O) groups excluding carboxylic acids is 1. The number of nitrogens with one attached hydrogen (secondary N) is 1. The lowest BCUT2D eigenvalue weighted by molar-refractivity contribution is -0.119. The number of morpholine rings is 1. The predicted molar refractivity (Wildman–Crippen MR) is 106 cm³/mol. The first-order valence-electron chi connectivity index (χ1n) is 8.33. The molecule has 144 valence electrons. The standard InChI is InChI=1S/C18H20BrN3O4S/c19-14-6-4-13(5-7-14)17-11-22(8-9-26-17)12-18(23)21-15-2-1-3-16(10-15)27(20,24)25/h1-7,10,17H,8-9,11-12H2,(H,21,23)(H2,20,24,25). The highest BCUT2D eigenvalue weighted by atomic mass is 79.9. The van der Waals surface area contributed by atoms with Crippen LogP contribution in [0.25, 0.3) is 0 Å². The van der Waals surface area contributed by atoms with E-state index in [-0.39, 0.29) is 23.5 Å². The fraction of sp³-hybridized carbons (Fsp3) is 0.278. The van der Waals surface area contributed by atoms with Gasteiger partial charge in [-0.25, -0.2) is 13.6 Å². The molecule has 0 radical (unpaired) electrons. The number of rotatable bonds is 5. The minimum absolute atomic E-state index is 0.0398. The zero-order chi connectivity index (χ0) is 19.4. The summed E-state index contributed by atoms with van der Waals surface area (Å²) in [6.07, 6.45) is -0.0923. The highest BCUT2D eigenvalue weighted by Gasteiger charge is 2.23. The van der Waals surface area contributed by atoms with Crippen molar-refractivity contribution in [1.82, 2.24) is 4.90 Å². The SMILES string of the molecule is NS(=O)(=O)c1cccc(NC(=O)CN2CCOC(c3ccc(Br)cc3)C2)c1. The maximum atomic E-state index is 12.3. The summed E-state index contributed by atoms with van der Waals surface area (Å²) in [5.41, 5.74) is 1.45. The van der Waals surface area contributed by atoms with Crippen molar-refractivity contribution in [1.29, 1.82) is 0 Å². The summed E-state index contributed by atoms with van der Waals surface area (Å²) in [5.74, 6) is -0.224. The molecule has 2 aromatic carbocycles. The molecule has 27 heavy (non-hydrogen) atoms. The monoisotopic (exact) mass is 453 g/mol. The summed E-state index contributed by atoms with van der Waals surface area (Å²) in [7, 11) is -3.81. The maximum Gasteiger partial charge on any atom is 0.238 e. The molecule has 3 N–H and O–H groups in total. The lowest BCUT2D eigenvalue weighted by atomic mass is 10.1. The smallest absolute Gasteiger partial charge is 0.238 e. The van der Waals surface area contributed by atoms with E-state index >= 15 is 0 Å². The summed E-state index contributed by atoms with van der Waals surface area (Å²) in [6, 6.07) is 13.8. The third kappa shape index (κ3) is 5.60. The molecule has 1 fully saturated rings. The van der Waals surface area contributed by atoms with Gasteiger partial charge in [0.1, 0.15) is 0 Å². The van der Waals surface area contributed by atoms with Crippen LogP contribution in [-0.2, 0) is 19.6 Å². The van der Waals surface area contributed by atoms with Gasteiger partial charge in [0.15, 0.2) is 0 Å². The molecular weight excluding hydrogens is 434 g/mol. The van der Waals surface area contributed by atoms with Crippen molar-refractivity contribution in [2.45, 2.75) is 11.0 Å². The topological polar surface area (TPSA) is 102 Å². The van der Waals surface area contributed by atoms with E-state index in [0.717, 1.165) is 10.0 Å². The molecule has 0 bridgehead atoms. The largest absolute Gasteiger partial charge is 0.371 e. The first kappa shape index (κ1) is 20.0. The quantitative estimate of drug-likeness (QED) is 0.721. The van der Waals surface area contributed by atoms with Crippen LogP contribution in [0.4, 0.5) is 5.69 Å². The van der Waals surface area contributed by atoms with E-state index in [1.807, 2.05) is 29.2 Å². The molecule has 1 aliphatic heterocycles. The zero-order valence-electron chi connectivity index (χ0n) is 14.5. The first-order valence-corrected chi connectivity index (χ1v) is 10.7. The van der Waals surface area contributed by atoms with Crippen LogP contribution in [0.5, 0.6) is 0 Å². The number of nitrogens with zero attached hydrogens (tertiary/aromatic N) is 1. The summed E-state index contributed by atoms with van der Waals surface area (Å²) in [6.45, 7) is 1.98. The normalized spacial score (nSPS) is 18.2. The van der Waals surface area contributed by atoms with E-state index in [0.29, 0.717) is 25.4 Å². The molecule has 0 saturated carbocycles. The summed E-state index contributed by atoms with van der Waals surface area (Å²) in [4.78, 5) is 14.3. The van der Waals surface area contributed by atoms with E-state index in [1.54, 1.807) is 6.07 Å². The van der Waals surface area contributed by atoms with Gasteiger partial charge in [-0.05, 0) is 35.9 Å². The molecule has 0 aromatic heterocycles. The van der Waals surface area contributed by atoms with Gasteiger partial charge in [-0.2, -0.15) is 0 Å². The minimum atomic E-state index is -3.81. The molecule has 1 heterocycles. The predicted octanol–water partition coefficient (Wildman–Crippen LogP) is 2.11. The average Bonchev–Trinajstić information content (AvgIpc) is 2.62. The number of nitrogens with two attached hydrogens (primary N) is 1. The van der Waals surface area contributed by atoms with Crippen molar-refractivity contribution >= 4 is 37.5 Å². The second-order valence-electron chi connectivity index (χ2n) is 6.27. The van der Waals surface area contributed by atoms with Crippen LogP contribution in [0.3, 0.4) is 0 Å². The van der Waals surface area contributed by atoms with Crippen LogP contribution in [0.15, 0.2) is 57.9 Å². The van der Waals surface area contributed by atoms with Crippen LogP contribution in [0, 0.1) is 0 Å². The number of primary sulfonamides is 1. The number of hydrogen-bond acceptors (Lipinski definition) is 5. The van der Waals surface area contributed by atoms with E-state index in [1.165, 1.54) is 18.2 Å². The number of anilines is 1. The summed E-state index contributed by atoms with van der Waals surface area (Å²) < 4.78 is 29.7. The van der Waals surface area contributed by atoms with Gasteiger partial charge in [-0.1, -0.05) is 34.1 Å². The Labute approximate surface area is 166 Å². The van der Waals surface area contributed by atoms with Crippen molar-refractivity contribution < 1.29 is 17.9 Å². The molecule has 0 aliphatic carbocycles. The second kappa shape index (κ2) is 8.49. The van der Waals surface area contributed by atoms with Crippen LogP contribution in [0.2, 0.25) is 0 Å². The van der Waals surface area contributed by atoms with Crippen LogP contribution >= 0.6 is 15.9 Å². The highest BCUT2D eigenvalue weighted by Crippen LogP contribution is 2.24. The Morgan fingerprint density at radius 2 is 2.00 bits per heavy atom. The Bertz CT molecular complexity index is 918. The lowest BCUT2D eigenvalue weighted by Gasteiger charge is -2.32. The number of amides is 1. The summed E-state index contributed by atoms with van der Waals surface area (Å²) >= 11 is 3.41. The molecule has 0 spiro atoms. The number of benzene rings is 2. The van der Waals surface area contributed by atoms with Crippen molar-refractivity contribution in [3.8, 4) is 0 Å². The molecule has 1 aliphatic rings. The second-order valence-corrected chi connectivity index (χ2v) is 8.74. The van der Waals surface area contributed by atoms with Crippen molar-refractivity contribution in [2.24, 2.45) is 5.14 Å². The molecule has 1 saturated heterocycles. The third-order valence-electron chi connectivity index (χ3n) is 4.21. The molecule has 7 nitrogen and oxygen atoms in total. The number of hydrogen-bond donors (Lipinski definition) is 2. The number of carbonyl (C=O) groups is 1. The molecule has 1 atom stereocenters. The van der Waals surface area contributed by atoms with Gasteiger partial charge in [-0.15, -0.1) is 0 Å². The fourth-order valence-electron chi connectivity index (χ4n) is 2.88. The Morgan fingerprint density at radius 1 is 1.26 bits per heavy atom. The summed E-state index contributed by atoms with van der Waals surface area (Å²) in [5, 5.41) is 7.84. The average molecular weight is 454 g/mol.